The molecule has 0 radical (unpaired) electrons. The van der Waals surface area contributed by atoms with E-state index in [1.165, 1.54) is 31.4 Å². The Morgan fingerprint density at radius 1 is 1.10 bits per heavy atom. The predicted octanol–water partition coefficient (Wildman–Crippen LogP) is 3.41. The highest BCUT2D eigenvalue weighted by molar-refractivity contribution is 5.97. The van der Waals surface area contributed by atoms with E-state index in [0.29, 0.717) is 11.0 Å². The summed E-state index contributed by atoms with van der Waals surface area (Å²) in [7, 11) is 0. The molecule has 4 rings (SSSR count). The first kappa shape index (κ1) is 19.9. The van der Waals surface area contributed by atoms with Crippen LogP contribution in [0.4, 0.5) is 5.82 Å². The molecular weight excluding hydrogens is 360 g/mol. The molecule has 2 aliphatic heterocycles. The van der Waals surface area contributed by atoms with E-state index in [1.54, 1.807) is 0 Å². The van der Waals surface area contributed by atoms with Gasteiger partial charge in [0.15, 0.2) is 0 Å². The minimum atomic E-state index is -0.389. The molecule has 1 spiro atoms. The maximum atomic E-state index is 11.9. The number of pyridine rings is 1. The molecule has 2 aliphatic rings. The molecule has 29 heavy (non-hydrogen) atoms. The van der Waals surface area contributed by atoms with Gasteiger partial charge in [0.2, 0.25) is 0 Å². The van der Waals surface area contributed by atoms with Crippen molar-refractivity contribution < 1.29 is 4.79 Å². The number of piperidine rings is 1. The van der Waals surface area contributed by atoms with Crippen LogP contribution in [-0.4, -0.2) is 48.5 Å². The van der Waals surface area contributed by atoms with E-state index in [1.807, 2.05) is 19.1 Å². The lowest BCUT2D eigenvalue weighted by Crippen LogP contribution is -2.45. The topological polar surface area (TPSA) is 62.5 Å². The average Bonchev–Trinajstić information content (AvgIpc) is 3.11. The minimum absolute atomic E-state index is 0.311. The number of hydrogen-bond acceptors (Lipinski definition) is 4. The normalized spacial score (nSPS) is 22.3. The first-order valence-corrected chi connectivity index (χ1v) is 10.8. The highest BCUT2D eigenvalue weighted by Crippen LogP contribution is 2.41. The molecule has 2 fully saturated rings. The fourth-order valence-corrected chi connectivity index (χ4v) is 5.08. The number of carbonyl (C=O) groups is 1. The van der Waals surface area contributed by atoms with Crippen LogP contribution in [0.2, 0.25) is 0 Å². The zero-order valence-corrected chi connectivity index (χ0v) is 17.4. The molecule has 2 N–H and O–H groups in total. The van der Waals surface area contributed by atoms with Gasteiger partial charge in [-0.15, -0.1) is 0 Å². The first-order chi connectivity index (χ1) is 14.0. The smallest absolute Gasteiger partial charge is 0.252 e. The van der Waals surface area contributed by atoms with Crippen molar-refractivity contribution in [1.29, 1.82) is 0 Å². The number of carbonyl (C=O) groups excluding carboxylic acids is 1. The lowest BCUT2D eigenvalue weighted by Gasteiger charge is -2.40. The van der Waals surface area contributed by atoms with E-state index in [9.17, 15) is 4.79 Å². The van der Waals surface area contributed by atoms with Crippen LogP contribution in [-0.2, 0) is 6.42 Å². The SMILES string of the molecule is Cc1ccc(C(N)=O)c(N2CCC3(CCCN(CCCc4ccccc4)C3)C2)n1. The zero-order chi connectivity index (χ0) is 20.3. The van der Waals surface area contributed by atoms with E-state index in [-0.39, 0.29) is 5.91 Å². The van der Waals surface area contributed by atoms with Crippen molar-refractivity contribution in [2.24, 2.45) is 11.1 Å². The first-order valence-electron chi connectivity index (χ1n) is 10.8. The van der Waals surface area contributed by atoms with Crippen molar-refractivity contribution in [3.05, 3.63) is 59.3 Å². The number of rotatable bonds is 6. The summed E-state index contributed by atoms with van der Waals surface area (Å²) in [6.07, 6.45) is 6.02. The van der Waals surface area contributed by atoms with E-state index in [4.69, 9.17) is 5.73 Å². The lowest BCUT2D eigenvalue weighted by atomic mass is 9.79. The van der Waals surface area contributed by atoms with E-state index < -0.39 is 0 Å². The van der Waals surface area contributed by atoms with Crippen LogP contribution >= 0.6 is 0 Å². The van der Waals surface area contributed by atoms with E-state index in [0.717, 1.165) is 50.5 Å². The number of amides is 1. The Labute approximate surface area is 173 Å². The molecule has 2 aromatic rings. The number of aromatic nitrogens is 1. The van der Waals surface area contributed by atoms with Crippen molar-refractivity contribution >= 4 is 11.7 Å². The summed E-state index contributed by atoms with van der Waals surface area (Å²) in [5, 5.41) is 0. The summed E-state index contributed by atoms with van der Waals surface area (Å²) in [5.74, 6) is 0.384. The van der Waals surface area contributed by atoms with Gasteiger partial charge in [0, 0.05) is 30.7 Å². The van der Waals surface area contributed by atoms with Crippen molar-refractivity contribution in [2.45, 2.75) is 39.0 Å². The largest absolute Gasteiger partial charge is 0.365 e. The molecule has 3 heterocycles. The van der Waals surface area contributed by atoms with Gasteiger partial charge in [0.1, 0.15) is 5.82 Å². The zero-order valence-electron chi connectivity index (χ0n) is 17.4. The Bertz CT molecular complexity index is 853. The third-order valence-corrected chi connectivity index (χ3v) is 6.54. The molecule has 5 heteroatoms. The Balaban J connectivity index is 1.38. The predicted molar refractivity (Wildman–Crippen MR) is 117 cm³/mol. The Morgan fingerprint density at radius 3 is 2.72 bits per heavy atom. The minimum Gasteiger partial charge on any atom is -0.365 e. The second-order valence-corrected chi connectivity index (χ2v) is 8.83. The molecule has 154 valence electrons. The Hall–Kier alpha value is -2.40. The molecule has 1 aromatic heterocycles. The highest BCUT2D eigenvalue weighted by atomic mass is 16.1. The number of primary amides is 1. The van der Waals surface area contributed by atoms with Crippen molar-refractivity contribution in [2.75, 3.05) is 37.6 Å². The number of anilines is 1. The number of nitrogens with zero attached hydrogens (tertiary/aromatic N) is 3. The Morgan fingerprint density at radius 2 is 1.93 bits per heavy atom. The molecule has 1 unspecified atom stereocenters. The number of benzene rings is 1. The van der Waals surface area contributed by atoms with Crippen LogP contribution in [0, 0.1) is 12.3 Å². The van der Waals surface area contributed by atoms with Crippen LogP contribution in [0.3, 0.4) is 0 Å². The van der Waals surface area contributed by atoms with Crippen LogP contribution in [0.15, 0.2) is 42.5 Å². The van der Waals surface area contributed by atoms with Gasteiger partial charge in [-0.2, -0.15) is 0 Å². The fraction of sp³-hybridized carbons (Fsp3) is 0.500. The number of hydrogen-bond donors (Lipinski definition) is 1. The summed E-state index contributed by atoms with van der Waals surface area (Å²) in [5.41, 5.74) is 8.82. The molecular formula is C24H32N4O. The summed E-state index contributed by atoms with van der Waals surface area (Å²) in [6, 6.07) is 14.5. The van der Waals surface area contributed by atoms with Gasteiger partial charge in [-0.3, -0.25) is 4.79 Å². The monoisotopic (exact) mass is 392 g/mol. The molecule has 0 aliphatic carbocycles. The molecule has 0 saturated carbocycles. The van der Waals surface area contributed by atoms with E-state index >= 15 is 0 Å². The Kier molecular flexibility index (Phi) is 5.86. The number of likely N-dealkylation sites (tertiary alicyclic amines) is 1. The van der Waals surface area contributed by atoms with Gasteiger partial charge < -0.3 is 15.5 Å². The molecule has 1 aromatic carbocycles. The van der Waals surface area contributed by atoms with Crippen molar-refractivity contribution in [3.63, 3.8) is 0 Å². The van der Waals surface area contributed by atoms with Crippen molar-refractivity contribution in [3.8, 4) is 0 Å². The summed E-state index contributed by atoms with van der Waals surface area (Å²) in [4.78, 5) is 21.5. The molecule has 1 amide bonds. The van der Waals surface area contributed by atoms with Crippen LogP contribution in [0.5, 0.6) is 0 Å². The summed E-state index contributed by atoms with van der Waals surface area (Å²) < 4.78 is 0. The number of nitrogens with two attached hydrogens (primary N) is 1. The molecule has 0 bridgehead atoms. The van der Waals surface area contributed by atoms with Gasteiger partial charge >= 0.3 is 0 Å². The van der Waals surface area contributed by atoms with Gasteiger partial charge in [-0.1, -0.05) is 30.3 Å². The standard InChI is InChI=1S/C24H32N4O/c1-19-10-11-21(22(25)29)23(26-19)28-16-13-24(18-28)12-6-15-27(17-24)14-5-9-20-7-3-2-4-8-20/h2-4,7-8,10-11H,5-6,9,12-18H2,1H3,(H2,25,29). The summed E-state index contributed by atoms with van der Waals surface area (Å²) >= 11 is 0. The van der Waals surface area contributed by atoms with Gasteiger partial charge in [-0.05, 0) is 69.8 Å². The van der Waals surface area contributed by atoms with Crippen LogP contribution in [0.25, 0.3) is 0 Å². The van der Waals surface area contributed by atoms with Crippen molar-refractivity contribution in [1.82, 2.24) is 9.88 Å². The maximum Gasteiger partial charge on any atom is 0.252 e. The van der Waals surface area contributed by atoms with Gasteiger partial charge in [0.05, 0.1) is 5.56 Å². The maximum absolute atomic E-state index is 11.9. The third kappa shape index (κ3) is 4.61. The average molecular weight is 393 g/mol. The van der Waals surface area contributed by atoms with Crippen LogP contribution in [0.1, 0.15) is 47.3 Å². The summed E-state index contributed by atoms with van der Waals surface area (Å²) in [6.45, 7) is 7.40. The number of aryl methyl sites for hydroxylation is 2. The fourth-order valence-electron chi connectivity index (χ4n) is 5.08. The lowest BCUT2D eigenvalue weighted by molar-refractivity contribution is 0.0998. The molecule has 1 atom stereocenters. The van der Waals surface area contributed by atoms with Gasteiger partial charge in [0.25, 0.3) is 5.91 Å². The quantitative estimate of drug-likeness (QED) is 0.818. The van der Waals surface area contributed by atoms with Gasteiger partial charge in [-0.25, -0.2) is 4.98 Å². The second kappa shape index (κ2) is 8.54. The third-order valence-electron chi connectivity index (χ3n) is 6.54. The molecule has 5 nitrogen and oxygen atoms in total. The van der Waals surface area contributed by atoms with E-state index in [2.05, 4.69) is 45.1 Å². The molecule has 2 saturated heterocycles. The highest BCUT2D eigenvalue weighted by Gasteiger charge is 2.42. The second-order valence-electron chi connectivity index (χ2n) is 8.83. The van der Waals surface area contributed by atoms with Crippen LogP contribution < -0.4 is 10.6 Å².